The van der Waals surface area contributed by atoms with Gasteiger partial charge in [-0.05, 0) is 233 Å². The molecule has 0 spiro atoms. The van der Waals surface area contributed by atoms with E-state index in [-0.39, 0.29) is 28.4 Å². The minimum absolute atomic E-state index is 0.0493. The molecule has 8 heteroatoms. The molecule has 0 radical (unpaired) electrons. The number of anilines is 9. The second-order valence-corrected chi connectivity index (χ2v) is 35.6. The second-order valence-electron chi connectivity index (χ2n) is 35.6. The van der Waals surface area contributed by atoms with Gasteiger partial charge in [-0.1, -0.05) is 247 Å². The summed E-state index contributed by atoms with van der Waals surface area (Å²) in [6.45, 7) is 27.4. The Morgan fingerprint density at radius 1 is 0.237 bits per heavy atom. The van der Waals surface area contributed by atoms with E-state index in [1.165, 1.54) is 38.6 Å². The Bertz CT molecular complexity index is 7090. The normalized spacial score (nSPS) is 13.2. The number of fused-ring (bicyclic) bond motifs is 18. The predicted molar refractivity (Wildman–Crippen MR) is 481 cm³/mol. The van der Waals surface area contributed by atoms with Gasteiger partial charge in [0.15, 0.2) is 0 Å². The van der Waals surface area contributed by atoms with Crippen LogP contribution in [0.3, 0.4) is 0 Å². The number of hydrogen-bond donors (Lipinski definition) is 0. The molecule has 0 bridgehead atoms. The van der Waals surface area contributed by atoms with Gasteiger partial charge in [0.1, 0.15) is 44.7 Å². The first-order chi connectivity index (χ1) is 55.0. The highest BCUT2D eigenvalue weighted by molar-refractivity contribution is 7.00. The summed E-state index contributed by atoms with van der Waals surface area (Å²) in [6.07, 6.45) is 0. The van der Waals surface area contributed by atoms with Gasteiger partial charge >= 0.3 is 0 Å². The Hall–Kier alpha value is -13.0. The lowest BCUT2D eigenvalue weighted by molar-refractivity contribution is 0.590. The third-order valence-electron chi connectivity index (χ3n) is 24.3. The first-order valence-corrected chi connectivity index (χ1v) is 40.0. The molecule has 2 aliphatic heterocycles. The van der Waals surface area contributed by atoms with Crippen molar-refractivity contribution in [3.63, 3.8) is 0 Å². The van der Waals surface area contributed by atoms with Gasteiger partial charge in [0.25, 0.3) is 6.71 Å². The van der Waals surface area contributed by atoms with Crippen molar-refractivity contribution in [2.75, 3.05) is 14.7 Å². The molecule has 0 saturated carbocycles. The summed E-state index contributed by atoms with van der Waals surface area (Å²) in [7, 11) is 0. The van der Waals surface area contributed by atoms with Gasteiger partial charge in [-0.25, -0.2) is 0 Å². The molecule has 0 amide bonds. The van der Waals surface area contributed by atoms with E-state index in [4.69, 9.17) is 17.7 Å². The maximum Gasteiger partial charge on any atom is 0.252 e. The van der Waals surface area contributed by atoms with Crippen LogP contribution in [0.5, 0.6) is 0 Å². The zero-order valence-corrected chi connectivity index (χ0v) is 66.4. The minimum Gasteiger partial charge on any atom is -0.456 e. The van der Waals surface area contributed by atoms with Gasteiger partial charge < -0.3 is 32.4 Å². The van der Waals surface area contributed by atoms with Crippen LogP contribution in [-0.4, -0.2) is 6.71 Å². The number of furan rings is 4. The third-order valence-corrected chi connectivity index (χ3v) is 24.3. The topological polar surface area (TPSA) is 62.3 Å². The molecule has 6 heterocycles. The highest BCUT2D eigenvalue weighted by atomic mass is 16.3. The molecule has 0 fully saturated rings. The summed E-state index contributed by atoms with van der Waals surface area (Å²) in [6, 6.07) is 113. The molecule has 0 aliphatic carbocycles. The maximum atomic E-state index is 7.13. The average molecular weight is 1480 g/mol. The van der Waals surface area contributed by atoms with Crippen LogP contribution in [0.25, 0.3) is 132 Å². The maximum absolute atomic E-state index is 7.13. The van der Waals surface area contributed by atoms with E-state index in [1.54, 1.807) is 0 Å². The van der Waals surface area contributed by atoms with Crippen LogP contribution < -0.4 is 31.1 Å². The van der Waals surface area contributed by atoms with Crippen LogP contribution in [0, 0.1) is 0 Å². The van der Waals surface area contributed by atoms with E-state index in [0.717, 1.165) is 183 Å². The molecule has 19 aromatic rings. The lowest BCUT2D eigenvalue weighted by atomic mass is 9.33. The first-order valence-electron chi connectivity index (χ1n) is 40.0. The van der Waals surface area contributed by atoms with Gasteiger partial charge in [0.05, 0.1) is 11.4 Å². The zero-order chi connectivity index (χ0) is 77.6. The Kier molecular flexibility index (Phi) is 15.3. The fourth-order valence-electron chi connectivity index (χ4n) is 18.3. The minimum atomic E-state index is -0.284. The third kappa shape index (κ3) is 11.1. The number of benzene rings is 15. The fraction of sp³-hybridized carbons (Fsp3) is 0.151. The molecule has 0 atom stereocenters. The first kappa shape index (κ1) is 69.0. The molecule has 114 heavy (non-hydrogen) atoms. The van der Waals surface area contributed by atoms with Crippen LogP contribution in [0.2, 0.25) is 0 Å². The van der Waals surface area contributed by atoms with Gasteiger partial charge in [-0.3, -0.25) is 0 Å². The lowest BCUT2D eigenvalue weighted by Gasteiger charge is -2.45. The van der Waals surface area contributed by atoms with E-state index >= 15 is 0 Å². The summed E-state index contributed by atoms with van der Waals surface area (Å²) in [4.78, 5) is 7.72. The van der Waals surface area contributed by atoms with Gasteiger partial charge in [-0.2, -0.15) is 0 Å². The van der Waals surface area contributed by atoms with Crippen molar-refractivity contribution >= 4 is 162 Å². The monoisotopic (exact) mass is 1480 g/mol. The van der Waals surface area contributed by atoms with Crippen molar-refractivity contribution in [1.82, 2.24) is 0 Å². The molecule has 0 saturated heterocycles. The Morgan fingerprint density at radius 3 is 1.02 bits per heavy atom. The van der Waals surface area contributed by atoms with Crippen LogP contribution in [-0.2, 0) is 21.7 Å². The van der Waals surface area contributed by atoms with E-state index in [1.807, 2.05) is 24.3 Å². The molecule has 552 valence electrons. The van der Waals surface area contributed by atoms with Crippen molar-refractivity contribution in [3.05, 3.63) is 326 Å². The standard InChI is InChI=1S/C106H86BN3O4/c1-103(2,3)69-34-40-73(41-35-69)108(74-42-36-70(37-43-74)104(4,5)6)75-44-48-83-87(62-75)110(85-50-39-72(106(10,11)12)61-81(85)64-25-17-14-18-26-64)89-57-68(67-32-46-79-97(59-67)114-95-54-52-93-99(101(79)95)77-28-20-22-30-91(77)112-93)56-88-102(89)107(83)82-47-33-65(55-86(82)109(88)84-49-38-71(105(7,8)9)60-80(84)63-23-15-13-16-24-63)66-31-45-78-96(58-66)113-94-53-51-92-98(100(78)94)76-27-19-21-29-90(76)111-92/h13-62H,1-12H3. The summed E-state index contributed by atoms with van der Waals surface area (Å²) >= 11 is 0. The van der Waals surface area contributed by atoms with Crippen molar-refractivity contribution in [1.29, 1.82) is 0 Å². The number of nitrogens with zero attached hydrogens (tertiary/aromatic N) is 3. The molecule has 0 unspecified atom stereocenters. The lowest BCUT2D eigenvalue weighted by Crippen LogP contribution is -2.61. The SMILES string of the molecule is CC(C)(C)c1ccc(N(c2ccc(C(C)(C)C)cc2)c2ccc3c(c2)N(c2ccc(C(C)(C)C)cc2-c2ccccc2)c2cc(-c4ccc5c(c4)oc4ccc6oc7ccccc7c6c45)cc4c2B3c2ccc(-c3ccc5c(c3)oc3ccc6oc7ccccc7c6c35)cc2N4c2ccc(C(C)(C)C)cc2-c2ccccc2)cc1. The van der Waals surface area contributed by atoms with Crippen LogP contribution in [0.1, 0.15) is 105 Å². The second kappa shape index (κ2) is 25.2. The summed E-state index contributed by atoms with van der Waals surface area (Å²) in [5.41, 5.74) is 33.2. The summed E-state index contributed by atoms with van der Waals surface area (Å²) < 4.78 is 27.1. The van der Waals surface area contributed by atoms with Crippen molar-refractivity contribution in [2.24, 2.45) is 0 Å². The van der Waals surface area contributed by atoms with E-state index in [0.29, 0.717) is 0 Å². The number of para-hydroxylation sites is 2. The predicted octanol–water partition coefficient (Wildman–Crippen LogP) is 28.7. The quantitative estimate of drug-likeness (QED) is 0.133. The summed E-state index contributed by atoms with van der Waals surface area (Å²) in [5, 5.41) is 8.45. The van der Waals surface area contributed by atoms with Gasteiger partial charge in [0, 0.05) is 94.0 Å². The van der Waals surface area contributed by atoms with E-state index in [9.17, 15) is 0 Å². The van der Waals surface area contributed by atoms with E-state index in [2.05, 4.69) is 377 Å². The Labute approximate surface area is 665 Å². The summed E-state index contributed by atoms with van der Waals surface area (Å²) in [5.74, 6) is 0. The number of hydrogen-bond acceptors (Lipinski definition) is 7. The van der Waals surface area contributed by atoms with Crippen molar-refractivity contribution in [3.8, 4) is 44.5 Å². The Morgan fingerprint density at radius 2 is 0.579 bits per heavy atom. The molecule has 21 rings (SSSR count). The average Bonchev–Trinajstić information content (AvgIpc) is 1.03. The molecule has 2 aliphatic rings. The van der Waals surface area contributed by atoms with Gasteiger partial charge in [-0.15, -0.1) is 0 Å². The number of rotatable bonds is 9. The molecule has 0 N–H and O–H groups in total. The molecule has 4 aromatic heterocycles. The highest BCUT2D eigenvalue weighted by Crippen LogP contribution is 2.54. The molecular formula is C106H86BN3O4. The highest BCUT2D eigenvalue weighted by Gasteiger charge is 2.46. The Balaban J connectivity index is 0.875. The molecule has 15 aromatic carbocycles. The van der Waals surface area contributed by atoms with E-state index < -0.39 is 0 Å². The zero-order valence-electron chi connectivity index (χ0n) is 66.4. The van der Waals surface area contributed by atoms with Gasteiger partial charge in [0.2, 0.25) is 0 Å². The fourth-order valence-corrected chi connectivity index (χ4v) is 18.3. The van der Waals surface area contributed by atoms with Crippen LogP contribution >= 0.6 is 0 Å². The van der Waals surface area contributed by atoms with Crippen LogP contribution in [0.4, 0.5) is 51.2 Å². The molecule has 7 nitrogen and oxygen atoms in total. The van der Waals surface area contributed by atoms with Crippen molar-refractivity contribution < 1.29 is 17.7 Å². The molecular weight excluding hydrogens is 1390 g/mol. The largest absolute Gasteiger partial charge is 0.456 e. The smallest absolute Gasteiger partial charge is 0.252 e. The van der Waals surface area contributed by atoms with Crippen molar-refractivity contribution in [2.45, 2.75) is 105 Å². The van der Waals surface area contributed by atoms with Crippen LogP contribution in [0.15, 0.2) is 321 Å².